The molecule has 0 bridgehead atoms. The zero-order valence-electron chi connectivity index (χ0n) is 15.9. The highest BCUT2D eigenvalue weighted by molar-refractivity contribution is 7.89. The number of piperidine rings is 1. The molecular weight excluding hydrogens is 336 g/mol. The minimum atomic E-state index is -3.39. The van der Waals surface area contributed by atoms with Gasteiger partial charge in [0.25, 0.3) is 0 Å². The first-order valence-electron chi connectivity index (χ1n) is 8.70. The number of nitrogens with zero attached hydrogens (tertiary/aromatic N) is 4. The summed E-state index contributed by atoms with van der Waals surface area (Å²) in [5, 5.41) is 0. The average molecular weight is 367 g/mol. The number of sulfonamides is 1. The van der Waals surface area contributed by atoms with E-state index in [0.29, 0.717) is 30.4 Å². The molecular formula is C18H30N4O2S. The smallest absolute Gasteiger partial charge is 0.243 e. The third kappa shape index (κ3) is 4.95. The highest BCUT2D eigenvalue weighted by Crippen LogP contribution is 2.23. The predicted molar refractivity (Wildman–Crippen MR) is 102 cm³/mol. The number of benzene rings is 1. The SMILES string of the molecule is CC1CCCN(S(=O)(=O)c2ccc(CN=C(N(C)C)N(C)C)cc2)C1. The molecule has 1 saturated heterocycles. The molecule has 1 heterocycles. The lowest BCUT2D eigenvalue weighted by molar-refractivity contribution is 0.281. The summed E-state index contributed by atoms with van der Waals surface area (Å²) >= 11 is 0. The van der Waals surface area contributed by atoms with Gasteiger partial charge in [-0.25, -0.2) is 13.4 Å². The minimum Gasteiger partial charge on any atom is -0.349 e. The van der Waals surface area contributed by atoms with Gasteiger partial charge < -0.3 is 9.80 Å². The second-order valence-electron chi connectivity index (χ2n) is 7.16. The van der Waals surface area contributed by atoms with Gasteiger partial charge in [0, 0.05) is 41.3 Å². The van der Waals surface area contributed by atoms with Crippen LogP contribution < -0.4 is 0 Å². The quantitative estimate of drug-likeness (QED) is 0.605. The van der Waals surface area contributed by atoms with Crippen LogP contribution in [0.4, 0.5) is 0 Å². The maximum Gasteiger partial charge on any atom is 0.243 e. The van der Waals surface area contributed by atoms with Crippen molar-refractivity contribution in [2.75, 3.05) is 41.3 Å². The lowest BCUT2D eigenvalue weighted by atomic mass is 10.0. The summed E-state index contributed by atoms with van der Waals surface area (Å²) in [7, 11) is 4.42. The highest BCUT2D eigenvalue weighted by Gasteiger charge is 2.28. The molecule has 0 spiro atoms. The zero-order chi connectivity index (χ0) is 18.6. The van der Waals surface area contributed by atoms with Crippen molar-refractivity contribution in [3.8, 4) is 0 Å². The molecule has 1 aromatic carbocycles. The highest BCUT2D eigenvalue weighted by atomic mass is 32.2. The predicted octanol–water partition coefficient (Wildman–Crippen LogP) is 2.09. The Balaban J connectivity index is 2.12. The summed E-state index contributed by atoms with van der Waals surface area (Å²) in [6, 6.07) is 7.11. The summed E-state index contributed by atoms with van der Waals surface area (Å²) in [6.45, 7) is 3.86. The van der Waals surface area contributed by atoms with E-state index < -0.39 is 10.0 Å². The van der Waals surface area contributed by atoms with Crippen LogP contribution in [0.2, 0.25) is 0 Å². The topological polar surface area (TPSA) is 56.2 Å². The van der Waals surface area contributed by atoms with Gasteiger partial charge in [-0.15, -0.1) is 0 Å². The number of aliphatic imine (C=N–C) groups is 1. The number of rotatable bonds is 4. The van der Waals surface area contributed by atoms with Crippen LogP contribution in [0.3, 0.4) is 0 Å². The van der Waals surface area contributed by atoms with Crippen LogP contribution in [0.25, 0.3) is 0 Å². The molecule has 0 aromatic heterocycles. The Labute approximate surface area is 152 Å². The van der Waals surface area contributed by atoms with Crippen LogP contribution in [-0.2, 0) is 16.6 Å². The third-order valence-electron chi connectivity index (χ3n) is 4.38. The van der Waals surface area contributed by atoms with E-state index in [-0.39, 0.29) is 0 Å². The van der Waals surface area contributed by atoms with Gasteiger partial charge >= 0.3 is 0 Å². The van der Waals surface area contributed by atoms with Gasteiger partial charge in [0.1, 0.15) is 0 Å². The first kappa shape index (κ1) is 19.7. The molecule has 0 aliphatic carbocycles. The van der Waals surface area contributed by atoms with Crippen LogP contribution in [0, 0.1) is 5.92 Å². The second-order valence-corrected chi connectivity index (χ2v) is 9.10. The summed E-state index contributed by atoms with van der Waals surface area (Å²) in [6.07, 6.45) is 2.04. The summed E-state index contributed by atoms with van der Waals surface area (Å²) in [5.74, 6) is 1.30. The van der Waals surface area contributed by atoms with Gasteiger partial charge in [-0.1, -0.05) is 19.1 Å². The van der Waals surface area contributed by atoms with Crippen molar-refractivity contribution in [2.24, 2.45) is 10.9 Å². The van der Waals surface area contributed by atoms with E-state index in [1.807, 2.05) is 50.1 Å². The molecule has 6 nitrogen and oxygen atoms in total. The fourth-order valence-electron chi connectivity index (χ4n) is 3.13. The monoisotopic (exact) mass is 366 g/mol. The fourth-order valence-corrected chi connectivity index (χ4v) is 4.72. The van der Waals surface area contributed by atoms with Gasteiger partial charge in [-0.05, 0) is 36.5 Å². The largest absolute Gasteiger partial charge is 0.349 e. The standard InChI is InChI=1S/C18H30N4O2S/c1-15-7-6-12-22(14-15)25(23,24)17-10-8-16(9-11-17)13-19-18(20(2)3)21(4)5/h8-11,15H,6-7,12-14H2,1-5H3. The third-order valence-corrected chi connectivity index (χ3v) is 6.26. The van der Waals surface area contributed by atoms with Crippen molar-refractivity contribution in [1.29, 1.82) is 0 Å². The molecule has 1 aromatic rings. The fraction of sp³-hybridized carbons (Fsp3) is 0.611. The number of hydrogen-bond acceptors (Lipinski definition) is 3. The van der Waals surface area contributed by atoms with Crippen molar-refractivity contribution in [2.45, 2.75) is 31.2 Å². The summed E-state index contributed by atoms with van der Waals surface area (Å²) in [4.78, 5) is 8.87. The molecule has 1 atom stereocenters. The molecule has 140 valence electrons. The van der Waals surface area contributed by atoms with Crippen molar-refractivity contribution in [1.82, 2.24) is 14.1 Å². The van der Waals surface area contributed by atoms with E-state index in [4.69, 9.17) is 0 Å². The lowest BCUT2D eigenvalue weighted by Gasteiger charge is -2.30. The molecule has 0 radical (unpaired) electrons. The van der Waals surface area contributed by atoms with Gasteiger partial charge in [-0.3, -0.25) is 0 Å². The van der Waals surface area contributed by atoms with E-state index in [9.17, 15) is 8.42 Å². The molecule has 0 N–H and O–H groups in total. The van der Waals surface area contributed by atoms with Crippen molar-refractivity contribution in [3.05, 3.63) is 29.8 Å². The number of hydrogen-bond donors (Lipinski definition) is 0. The molecule has 1 aliphatic rings. The molecule has 1 unspecified atom stereocenters. The first-order valence-corrected chi connectivity index (χ1v) is 10.1. The van der Waals surface area contributed by atoms with Crippen molar-refractivity contribution >= 4 is 16.0 Å². The normalized spacial score (nSPS) is 18.7. The molecule has 1 aliphatic heterocycles. The summed E-state index contributed by atoms with van der Waals surface area (Å²) in [5.41, 5.74) is 0.993. The van der Waals surface area contributed by atoms with E-state index >= 15 is 0 Å². The maximum atomic E-state index is 12.8. The Morgan fingerprint density at radius 3 is 2.28 bits per heavy atom. The molecule has 2 rings (SSSR count). The molecule has 0 amide bonds. The molecule has 7 heteroatoms. The van der Waals surface area contributed by atoms with Crippen LogP contribution in [-0.4, -0.2) is 69.8 Å². The Kier molecular flexibility index (Phi) is 6.46. The Hall–Kier alpha value is -1.60. The first-order chi connectivity index (χ1) is 11.7. The van der Waals surface area contributed by atoms with E-state index in [2.05, 4.69) is 11.9 Å². The van der Waals surface area contributed by atoms with E-state index in [1.165, 1.54) is 0 Å². The zero-order valence-corrected chi connectivity index (χ0v) is 16.8. The Bertz CT molecular complexity index is 686. The van der Waals surface area contributed by atoms with E-state index in [0.717, 1.165) is 24.4 Å². The maximum absolute atomic E-state index is 12.8. The van der Waals surface area contributed by atoms with Gasteiger partial charge in [-0.2, -0.15) is 4.31 Å². The van der Waals surface area contributed by atoms with E-state index in [1.54, 1.807) is 16.4 Å². The van der Waals surface area contributed by atoms with Crippen LogP contribution in [0.1, 0.15) is 25.3 Å². The van der Waals surface area contributed by atoms with Gasteiger partial charge in [0.15, 0.2) is 5.96 Å². The summed E-state index contributed by atoms with van der Waals surface area (Å²) < 4.78 is 27.2. The van der Waals surface area contributed by atoms with Crippen LogP contribution in [0.5, 0.6) is 0 Å². The van der Waals surface area contributed by atoms with Crippen LogP contribution >= 0.6 is 0 Å². The Morgan fingerprint density at radius 1 is 1.16 bits per heavy atom. The minimum absolute atomic E-state index is 0.370. The molecule has 0 saturated carbocycles. The average Bonchev–Trinajstić information content (AvgIpc) is 2.55. The van der Waals surface area contributed by atoms with Crippen LogP contribution in [0.15, 0.2) is 34.2 Å². The van der Waals surface area contributed by atoms with Crippen molar-refractivity contribution in [3.63, 3.8) is 0 Å². The lowest BCUT2D eigenvalue weighted by Crippen LogP contribution is -2.39. The van der Waals surface area contributed by atoms with Gasteiger partial charge in [0.05, 0.1) is 11.4 Å². The van der Waals surface area contributed by atoms with Crippen molar-refractivity contribution < 1.29 is 8.42 Å². The Morgan fingerprint density at radius 2 is 1.76 bits per heavy atom. The second kappa shape index (κ2) is 8.19. The van der Waals surface area contributed by atoms with Gasteiger partial charge in [0.2, 0.25) is 10.0 Å². The molecule has 1 fully saturated rings. The number of guanidine groups is 1. The molecule has 25 heavy (non-hydrogen) atoms.